The number of furan rings is 1. The SMILES string of the molecule is CCCNCc1ccc(Cn2cnc3c2CCCC3)o1. The summed E-state index contributed by atoms with van der Waals surface area (Å²) in [5.74, 6) is 2.03. The fourth-order valence-corrected chi connectivity index (χ4v) is 2.83. The van der Waals surface area contributed by atoms with Gasteiger partial charge in [0.2, 0.25) is 0 Å². The van der Waals surface area contributed by atoms with Crippen molar-refractivity contribution in [2.24, 2.45) is 0 Å². The lowest BCUT2D eigenvalue weighted by Crippen LogP contribution is -2.13. The molecule has 0 unspecified atom stereocenters. The van der Waals surface area contributed by atoms with Gasteiger partial charge in [0.05, 0.1) is 25.1 Å². The number of aromatic nitrogens is 2. The van der Waals surface area contributed by atoms with E-state index >= 15 is 0 Å². The average molecular weight is 273 g/mol. The van der Waals surface area contributed by atoms with Gasteiger partial charge in [-0.25, -0.2) is 4.98 Å². The van der Waals surface area contributed by atoms with Crippen LogP contribution in [0.25, 0.3) is 0 Å². The molecular formula is C16H23N3O. The van der Waals surface area contributed by atoms with Crippen LogP contribution >= 0.6 is 0 Å². The summed E-state index contributed by atoms with van der Waals surface area (Å²) < 4.78 is 8.13. The maximum Gasteiger partial charge on any atom is 0.123 e. The number of imidazole rings is 1. The van der Waals surface area contributed by atoms with E-state index in [0.29, 0.717) is 0 Å². The highest BCUT2D eigenvalue weighted by Crippen LogP contribution is 2.21. The van der Waals surface area contributed by atoms with Gasteiger partial charge in [0.25, 0.3) is 0 Å². The number of hydrogen-bond donors (Lipinski definition) is 1. The average Bonchev–Trinajstić information content (AvgIpc) is 3.08. The summed E-state index contributed by atoms with van der Waals surface area (Å²) in [5.41, 5.74) is 2.69. The van der Waals surface area contributed by atoms with Crippen molar-refractivity contribution in [1.29, 1.82) is 0 Å². The molecule has 0 saturated carbocycles. The van der Waals surface area contributed by atoms with Crippen LogP contribution in [0.3, 0.4) is 0 Å². The van der Waals surface area contributed by atoms with Crippen LogP contribution in [0.5, 0.6) is 0 Å². The van der Waals surface area contributed by atoms with Crippen molar-refractivity contribution in [3.63, 3.8) is 0 Å². The van der Waals surface area contributed by atoms with Gasteiger partial charge < -0.3 is 14.3 Å². The van der Waals surface area contributed by atoms with Gasteiger partial charge in [0.1, 0.15) is 11.5 Å². The molecule has 0 fully saturated rings. The van der Waals surface area contributed by atoms with Crippen molar-refractivity contribution in [3.05, 3.63) is 41.4 Å². The lowest BCUT2D eigenvalue weighted by molar-refractivity contribution is 0.434. The lowest BCUT2D eigenvalue weighted by atomic mass is 10.0. The largest absolute Gasteiger partial charge is 0.463 e. The molecule has 1 aliphatic rings. The van der Waals surface area contributed by atoms with Crippen LogP contribution in [0.15, 0.2) is 22.9 Å². The van der Waals surface area contributed by atoms with E-state index in [1.807, 2.05) is 6.33 Å². The van der Waals surface area contributed by atoms with Crippen LogP contribution in [0.4, 0.5) is 0 Å². The van der Waals surface area contributed by atoms with Crippen molar-refractivity contribution in [2.45, 2.75) is 52.1 Å². The van der Waals surface area contributed by atoms with Gasteiger partial charge in [0.15, 0.2) is 0 Å². The van der Waals surface area contributed by atoms with E-state index < -0.39 is 0 Å². The van der Waals surface area contributed by atoms with E-state index in [1.54, 1.807) is 0 Å². The van der Waals surface area contributed by atoms with Gasteiger partial charge in [-0.1, -0.05) is 6.92 Å². The Balaban J connectivity index is 1.64. The molecule has 0 saturated heterocycles. The molecule has 20 heavy (non-hydrogen) atoms. The highest BCUT2D eigenvalue weighted by molar-refractivity contribution is 5.18. The van der Waals surface area contributed by atoms with E-state index in [9.17, 15) is 0 Å². The van der Waals surface area contributed by atoms with E-state index in [2.05, 4.69) is 33.9 Å². The molecular weight excluding hydrogens is 250 g/mol. The van der Waals surface area contributed by atoms with Gasteiger partial charge in [-0.3, -0.25) is 0 Å². The molecule has 0 aliphatic heterocycles. The predicted molar refractivity (Wildman–Crippen MR) is 78.7 cm³/mol. The molecule has 1 aliphatic carbocycles. The molecule has 0 spiro atoms. The summed E-state index contributed by atoms with van der Waals surface area (Å²) in [6.07, 6.45) is 7.96. The quantitative estimate of drug-likeness (QED) is 0.823. The standard InChI is InChI=1S/C16H23N3O/c1-2-9-17-10-13-7-8-14(20-13)11-19-12-18-15-5-3-4-6-16(15)19/h7-8,12,17H,2-6,9-11H2,1H3. The van der Waals surface area contributed by atoms with Gasteiger partial charge in [-0.05, 0) is 50.8 Å². The number of fused-ring (bicyclic) bond motifs is 1. The third kappa shape index (κ3) is 2.96. The van der Waals surface area contributed by atoms with Gasteiger partial charge in [0, 0.05) is 5.69 Å². The first-order chi connectivity index (χ1) is 9.86. The molecule has 0 amide bonds. The van der Waals surface area contributed by atoms with E-state index in [1.165, 1.54) is 24.2 Å². The molecule has 108 valence electrons. The molecule has 3 rings (SSSR count). The number of nitrogens with one attached hydrogen (secondary N) is 1. The zero-order valence-corrected chi connectivity index (χ0v) is 12.2. The minimum atomic E-state index is 0.802. The molecule has 0 radical (unpaired) electrons. The third-order valence-electron chi connectivity index (χ3n) is 3.88. The molecule has 2 heterocycles. The van der Waals surface area contributed by atoms with Crippen molar-refractivity contribution >= 4 is 0 Å². The molecule has 1 N–H and O–H groups in total. The van der Waals surface area contributed by atoms with Gasteiger partial charge >= 0.3 is 0 Å². The summed E-state index contributed by atoms with van der Waals surface area (Å²) in [6, 6.07) is 4.15. The lowest BCUT2D eigenvalue weighted by Gasteiger charge is -2.13. The van der Waals surface area contributed by atoms with Crippen LogP contribution in [0.1, 0.15) is 49.1 Å². The molecule has 0 atom stereocenters. The van der Waals surface area contributed by atoms with Crippen LogP contribution in [-0.4, -0.2) is 16.1 Å². The first-order valence-electron chi connectivity index (χ1n) is 7.68. The Morgan fingerprint density at radius 1 is 1.25 bits per heavy atom. The molecule has 4 nitrogen and oxygen atoms in total. The van der Waals surface area contributed by atoms with E-state index in [0.717, 1.165) is 50.4 Å². The van der Waals surface area contributed by atoms with E-state index in [4.69, 9.17) is 4.42 Å². The topological polar surface area (TPSA) is 43.0 Å². The predicted octanol–water partition coefficient (Wildman–Crippen LogP) is 2.90. The normalized spacial score (nSPS) is 14.4. The fraction of sp³-hybridized carbons (Fsp3) is 0.562. The third-order valence-corrected chi connectivity index (χ3v) is 3.88. The Kier molecular flexibility index (Phi) is 4.21. The van der Waals surface area contributed by atoms with Crippen molar-refractivity contribution < 1.29 is 4.42 Å². The summed E-state index contributed by atoms with van der Waals surface area (Å²) in [5, 5.41) is 3.36. The monoisotopic (exact) mass is 273 g/mol. The minimum absolute atomic E-state index is 0.802. The Morgan fingerprint density at radius 3 is 3.00 bits per heavy atom. The van der Waals surface area contributed by atoms with E-state index in [-0.39, 0.29) is 0 Å². The highest BCUT2D eigenvalue weighted by atomic mass is 16.3. The van der Waals surface area contributed by atoms with Gasteiger partial charge in [-0.2, -0.15) is 0 Å². The highest BCUT2D eigenvalue weighted by Gasteiger charge is 2.15. The van der Waals surface area contributed by atoms with Crippen molar-refractivity contribution in [2.75, 3.05) is 6.54 Å². The maximum absolute atomic E-state index is 5.88. The second kappa shape index (κ2) is 6.27. The summed E-state index contributed by atoms with van der Waals surface area (Å²) in [4.78, 5) is 4.53. The number of hydrogen-bond acceptors (Lipinski definition) is 3. The maximum atomic E-state index is 5.88. The molecule has 4 heteroatoms. The second-order valence-electron chi connectivity index (χ2n) is 5.52. The van der Waals surface area contributed by atoms with Crippen LogP contribution < -0.4 is 5.32 Å². The summed E-state index contributed by atoms with van der Waals surface area (Å²) >= 11 is 0. The summed E-state index contributed by atoms with van der Waals surface area (Å²) in [7, 11) is 0. The smallest absolute Gasteiger partial charge is 0.123 e. The van der Waals surface area contributed by atoms with Gasteiger partial charge in [-0.15, -0.1) is 0 Å². The second-order valence-corrected chi connectivity index (χ2v) is 5.52. The molecule has 2 aromatic heterocycles. The zero-order valence-electron chi connectivity index (χ0n) is 12.2. The molecule has 0 aromatic carbocycles. The Morgan fingerprint density at radius 2 is 2.10 bits per heavy atom. The first kappa shape index (κ1) is 13.4. The Hall–Kier alpha value is -1.55. The Bertz CT molecular complexity index is 556. The molecule has 0 bridgehead atoms. The first-order valence-corrected chi connectivity index (χ1v) is 7.68. The number of rotatable bonds is 6. The van der Waals surface area contributed by atoms with Crippen LogP contribution in [0, 0.1) is 0 Å². The van der Waals surface area contributed by atoms with Crippen LogP contribution in [-0.2, 0) is 25.9 Å². The van der Waals surface area contributed by atoms with Crippen molar-refractivity contribution in [1.82, 2.24) is 14.9 Å². The summed E-state index contributed by atoms with van der Waals surface area (Å²) in [6.45, 7) is 4.82. The number of nitrogens with zero attached hydrogens (tertiary/aromatic N) is 2. The molecule has 2 aromatic rings. The number of aryl methyl sites for hydroxylation is 1. The minimum Gasteiger partial charge on any atom is -0.463 e. The van der Waals surface area contributed by atoms with Crippen molar-refractivity contribution in [3.8, 4) is 0 Å². The van der Waals surface area contributed by atoms with Crippen LogP contribution in [0.2, 0.25) is 0 Å². The zero-order chi connectivity index (χ0) is 13.8. The Labute approximate surface area is 120 Å². The fourth-order valence-electron chi connectivity index (χ4n) is 2.83.